The highest BCUT2D eigenvalue weighted by Gasteiger charge is 2.11. The fourth-order valence-electron chi connectivity index (χ4n) is 2.41. The number of aromatic nitrogens is 5. The lowest BCUT2D eigenvalue weighted by molar-refractivity contribution is -0.145. The molecule has 0 aliphatic rings. The van der Waals surface area contributed by atoms with E-state index < -0.39 is 5.97 Å². The summed E-state index contributed by atoms with van der Waals surface area (Å²) in [4.78, 5) is 42.5. The SMILES string of the molecule is CN(C)c1nc(N)nc(COC(=O)CCn2cnc3ccc(Br)cc3c2=O)n1. The van der Waals surface area contributed by atoms with Crippen molar-refractivity contribution in [2.45, 2.75) is 19.6 Å². The third kappa shape index (κ3) is 4.60. The highest BCUT2D eigenvalue weighted by atomic mass is 79.9. The highest BCUT2D eigenvalue weighted by molar-refractivity contribution is 9.10. The van der Waals surface area contributed by atoms with Gasteiger partial charge < -0.3 is 15.4 Å². The molecule has 0 radical (unpaired) electrons. The number of benzene rings is 1. The Morgan fingerprint density at radius 3 is 2.82 bits per heavy atom. The van der Waals surface area contributed by atoms with Crippen molar-refractivity contribution < 1.29 is 9.53 Å². The molecule has 0 amide bonds. The van der Waals surface area contributed by atoms with E-state index in [1.54, 1.807) is 31.1 Å². The Balaban J connectivity index is 1.63. The number of halogens is 1. The summed E-state index contributed by atoms with van der Waals surface area (Å²) in [6.45, 7) is 0.0135. The molecule has 0 atom stereocenters. The van der Waals surface area contributed by atoms with Gasteiger partial charge in [0.25, 0.3) is 5.56 Å². The quantitative estimate of drug-likeness (QED) is 0.552. The van der Waals surface area contributed by atoms with Crippen LogP contribution in [0.1, 0.15) is 12.2 Å². The van der Waals surface area contributed by atoms with Crippen LogP contribution in [0.5, 0.6) is 0 Å². The van der Waals surface area contributed by atoms with Gasteiger partial charge in [0, 0.05) is 25.1 Å². The lowest BCUT2D eigenvalue weighted by Gasteiger charge is -2.11. The number of nitrogens with zero attached hydrogens (tertiary/aromatic N) is 6. The number of nitrogens with two attached hydrogens (primary N) is 1. The maximum absolute atomic E-state index is 12.5. The predicted octanol–water partition coefficient (Wildman–Crippen LogP) is 1.13. The molecule has 0 spiro atoms. The van der Waals surface area contributed by atoms with Crippen molar-refractivity contribution in [2.75, 3.05) is 24.7 Å². The van der Waals surface area contributed by atoms with Crippen molar-refractivity contribution in [2.24, 2.45) is 0 Å². The van der Waals surface area contributed by atoms with Crippen LogP contribution in [0.2, 0.25) is 0 Å². The van der Waals surface area contributed by atoms with E-state index in [0.29, 0.717) is 16.9 Å². The summed E-state index contributed by atoms with van der Waals surface area (Å²) < 4.78 is 7.34. The van der Waals surface area contributed by atoms with Crippen LogP contribution in [0.25, 0.3) is 10.9 Å². The number of ether oxygens (including phenoxy) is 1. The average molecular weight is 448 g/mol. The van der Waals surface area contributed by atoms with Crippen molar-refractivity contribution >= 4 is 44.7 Å². The van der Waals surface area contributed by atoms with Gasteiger partial charge in [-0.05, 0) is 18.2 Å². The molecule has 0 aliphatic heterocycles. The molecule has 0 bridgehead atoms. The standard InChI is InChI=1S/C17H18BrN7O3/c1-24(2)17-22-13(21-16(19)23-17)8-28-14(26)5-6-25-9-20-12-4-3-10(18)7-11(12)15(25)27/h3-4,7,9H,5-6,8H2,1-2H3,(H2,19,21,22,23). The van der Waals surface area contributed by atoms with Crippen LogP contribution in [0.3, 0.4) is 0 Å². The molecule has 0 saturated heterocycles. The van der Waals surface area contributed by atoms with E-state index in [9.17, 15) is 9.59 Å². The lowest BCUT2D eigenvalue weighted by Crippen LogP contribution is -2.22. The molecule has 0 aliphatic carbocycles. The Hall–Kier alpha value is -3.08. The Morgan fingerprint density at radius 1 is 1.29 bits per heavy atom. The molecule has 0 fully saturated rings. The number of hydrogen-bond donors (Lipinski definition) is 1. The van der Waals surface area contributed by atoms with Crippen LogP contribution in [-0.4, -0.2) is 44.6 Å². The molecule has 2 N–H and O–H groups in total. The summed E-state index contributed by atoms with van der Waals surface area (Å²) in [5, 5.41) is 0.474. The van der Waals surface area contributed by atoms with Gasteiger partial charge in [-0.3, -0.25) is 14.2 Å². The molecule has 3 aromatic rings. The summed E-state index contributed by atoms with van der Waals surface area (Å²) in [5.74, 6) is 0.175. The molecule has 0 unspecified atom stereocenters. The lowest BCUT2D eigenvalue weighted by atomic mass is 10.2. The number of carbonyl (C=O) groups excluding carboxylic acids is 1. The van der Waals surface area contributed by atoms with Gasteiger partial charge in [0.15, 0.2) is 12.4 Å². The molecule has 28 heavy (non-hydrogen) atoms. The fourth-order valence-corrected chi connectivity index (χ4v) is 2.77. The Morgan fingerprint density at radius 2 is 2.07 bits per heavy atom. The predicted molar refractivity (Wildman–Crippen MR) is 107 cm³/mol. The van der Waals surface area contributed by atoms with Crippen molar-refractivity contribution in [3.63, 3.8) is 0 Å². The molecule has 10 nitrogen and oxygen atoms in total. The molecule has 2 aromatic heterocycles. The van der Waals surface area contributed by atoms with Gasteiger partial charge in [-0.1, -0.05) is 15.9 Å². The number of aryl methyl sites for hydroxylation is 1. The summed E-state index contributed by atoms with van der Waals surface area (Å²) in [6, 6.07) is 5.26. The first-order valence-electron chi connectivity index (χ1n) is 8.31. The van der Waals surface area contributed by atoms with Gasteiger partial charge in [-0.25, -0.2) is 4.98 Å². The monoisotopic (exact) mass is 447 g/mol. The summed E-state index contributed by atoms with van der Waals surface area (Å²) >= 11 is 3.34. The zero-order chi connectivity index (χ0) is 20.3. The topological polar surface area (TPSA) is 129 Å². The number of hydrogen-bond acceptors (Lipinski definition) is 9. The van der Waals surface area contributed by atoms with E-state index in [1.807, 2.05) is 6.07 Å². The second-order valence-corrected chi connectivity index (χ2v) is 7.04. The highest BCUT2D eigenvalue weighted by Crippen LogP contribution is 2.15. The summed E-state index contributed by atoms with van der Waals surface area (Å²) in [5.41, 5.74) is 6.00. The van der Waals surface area contributed by atoms with E-state index in [2.05, 4.69) is 35.9 Å². The third-order valence-corrected chi connectivity index (χ3v) is 4.29. The minimum Gasteiger partial charge on any atom is -0.457 e. The molecule has 11 heteroatoms. The largest absolute Gasteiger partial charge is 0.457 e. The molecule has 0 saturated carbocycles. The van der Waals surface area contributed by atoms with Crippen molar-refractivity contribution in [1.82, 2.24) is 24.5 Å². The fraction of sp³-hybridized carbons (Fsp3) is 0.294. The maximum atomic E-state index is 12.5. The van der Waals surface area contributed by atoms with Crippen LogP contribution < -0.4 is 16.2 Å². The first-order chi connectivity index (χ1) is 13.3. The second kappa shape index (κ2) is 8.30. The van der Waals surface area contributed by atoms with Crippen LogP contribution in [0, 0.1) is 0 Å². The van der Waals surface area contributed by atoms with Crippen LogP contribution in [0.15, 0.2) is 33.8 Å². The minimum absolute atomic E-state index is 0.00218. The first kappa shape index (κ1) is 19.7. The van der Waals surface area contributed by atoms with Gasteiger partial charge in [0.2, 0.25) is 11.9 Å². The molecule has 146 valence electrons. The Labute approximate surface area is 168 Å². The average Bonchev–Trinajstić information content (AvgIpc) is 2.66. The van der Waals surface area contributed by atoms with E-state index in [-0.39, 0.29) is 36.9 Å². The first-order valence-corrected chi connectivity index (χ1v) is 9.11. The van der Waals surface area contributed by atoms with E-state index in [4.69, 9.17) is 10.5 Å². The third-order valence-electron chi connectivity index (χ3n) is 3.79. The number of carbonyl (C=O) groups is 1. The summed E-state index contributed by atoms with van der Waals surface area (Å²) in [7, 11) is 3.52. The zero-order valence-electron chi connectivity index (χ0n) is 15.3. The molecule has 2 heterocycles. The normalized spacial score (nSPS) is 10.8. The van der Waals surface area contributed by atoms with Crippen molar-refractivity contribution in [1.29, 1.82) is 0 Å². The maximum Gasteiger partial charge on any atom is 0.308 e. The molecular formula is C17H18BrN7O3. The van der Waals surface area contributed by atoms with Gasteiger partial charge in [-0.2, -0.15) is 15.0 Å². The molecule has 1 aromatic carbocycles. The number of nitrogen functional groups attached to an aromatic ring is 1. The number of anilines is 2. The van der Waals surface area contributed by atoms with Crippen molar-refractivity contribution in [3.8, 4) is 0 Å². The van der Waals surface area contributed by atoms with Crippen molar-refractivity contribution in [3.05, 3.63) is 45.2 Å². The molecule has 3 rings (SSSR count). The Kier molecular flexibility index (Phi) is 5.83. The van der Waals surface area contributed by atoms with E-state index in [0.717, 1.165) is 4.47 Å². The second-order valence-electron chi connectivity index (χ2n) is 6.12. The van der Waals surface area contributed by atoms with Crippen LogP contribution >= 0.6 is 15.9 Å². The number of rotatable bonds is 6. The number of fused-ring (bicyclic) bond motifs is 1. The van der Waals surface area contributed by atoms with Gasteiger partial charge in [-0.15, -0.1) is 0 Å². The van der Waals surface area contributed by atoms with Gasteiger partial charge in [0.05, 0.1) is 23.7 Å². The summed E-state index contributed by atoms with van der Waals surface area (Å²) in [6.07, 6.45) is 1.42. The van der Waals surface area contributed by atoms with E-state index >= 15 is 0 Å². The molecular weight excluding hydrogens is 430 g/mol. The van der Waals surface area contributed by atoms with Crippen LogP contribution in [-0.2, 0) is 22.7 Å². The zero-order valence-corrected chi connectivity index (χ0v) is 16.9. The Bertz CT molecular complexity index is 1080. The smallest absolute Gasteiger partial charge is 0.308 e. The minimum atomic E-state index is -0.494. The van der Waals surface area contributed by atoms with Gasteiger partial charge in [0.1, 0.15) is 0 Å². The van der Waals surface area contributed by atoms with Crippen LogP contribution in [0.4, 0.5) is 11.9 Å². The van der Waals surface area contributed by atoms with E-state index in [1.165, 1.54) is 10.9 Å². The number of esters is 1. The van der Waals surface area contributed by atoms with Gasteiger partial charge >= 0.3 is 5.97 Å².